The van der Waals surface area contributed by atoms with E-state index in [1.165, 1.54) is 11.3 Å². The average Bonchev–Trinajstić information content (AvgIpc) is 2.95. The summed E-state index contributed by atoms with van der Waals surface area (Å²) in [5.74, 6) is -0.155. The van der Waals surface area contributed by atoms with Crippen LogP contribution in [-0.4, -0.2) is 19.0 Å². The molecule has 5 heteroatoms. The Labute approximate surface area is 196 Å². The first-order valence-corrected chi connectivity index (χ1v) is 11.1. The standard InChI is InChI=1S/C26H22BrClN2O/c1-26(2)20-9-5-7-11-23(20)30(3)24(26)14-15-29-22-13-12-17(27)16-19(22)25(31)18-8-4-6-10-21(18)28/h4-16H,1-3H3/b24-14-,29-15?. The predicted octanol–water partition coefficient (Wildman–Crippen LogP) is 7.35. The van der Waals surface area contributed by atoms with E-state index in [-0.39, 0.29) is 11.2 Å². The van der Waals surface area contributed by atoms with Gasteiger partial charge in [-0.1, -0.05) is 71.7 Å². The molecular weight excluding hydrogens is 472 g/mol. The van der Waals surface area contributed by atoms with E-state index in [0.717, 1.165) is 10.2 Å². The van der Waals surface area contributed by atoms with Crippen LogP contribution in [0.1, 0.15) is 35.3 Å². The second-order valence-corrected chi connectivity index (χ2v) is 9.32. The minimum absolute atomic E-state index is 0.132. The topological polar surface area (TPSA) is 32.7 Å². The number of halogens is 2. The van der Waals surface area contributed by atoms with Crippen molar-refractivity contribution in [2.24, 2.45) is 4.99 Å². The molecule has 0 unspecified atom stereocenters. The highest BCUT2D eigenvalue weighted by molar-refractivity contribution is 9.10. The normalized spacial score (nSPS) is 16.2. The lowest BCUT2D eigenvalue weighted by Gasteiger charge is -2.23. The fourth-order valence-electron chi connectivity index (χ4n) is 4.08. The molecular formula is C26H22BrClN2O. The summed E-state index contributed by atoms with van der Waals surface area (Å²) >= 11 is 9.72. The largest absolute Gasteiger partial charge is 0.347 e. The summed E-state index contributed by atoms with van der Waals surface area (Å²) in [6.45, 7) is 4.42. The third kappa shape index (κ3) is 3.98. The molecule has 4 rings (SSSR count). The lowest BCUT2D eigenvalue weighted by atomic mass is 9.84. The van der Waals surface area contributed by atoms with Gasteiger partial charge in [0.15, 0.2) is 5.78 Å². The Morgan fingerprint density at radius 3 is 2.48 bits per heavy atom. The second kappa shape index (κ2) is 8.45. The van der Waals surface area contributed by atoms with Gasteiger partial charge in [0.05, 0.1) is 10.7 Å². The van der Waals surface area contributed by atoms with E-state index in [1.54, 1.807) is 30.5 Å². The van der Waals surface area contributed by atoms with Crippen molar-refractivity contribution in [2.75, 3.05) is 11.9 Å². The molecule has 0 saturated heterocycles. The van der Waals surface area contributed by atoms with Crippen LogP contribution >= 0.6 is 27.5 Å². The number of para-hydroxylation sites is 1. The quantitative estimate of drug-likeness (QED) is 0.281. The van der Waals surface area contributed by atoms with E-state index in [9.17, 15) is 4.79 Å². The van der Waals surface area contributed by atoms with Gasteiger partial charge in [-0.05, 0) is 48.0 Å². The molecule has 3 aromatic rings. The first kappa shape index (κ1) is 21.5. The molecule has 0 aromatic heterocycles. The summed E-state index contributed by atoms with van der Waals surface area (Å²) < 4.78 is 0.812. The predicted molar refractivity (Wildman–Crippen MR) is 133 cm³/mol. The van der Waals surface area contributed by atoms with Crippen LogP contribution in [0.15, 0.2) is 88.0 Å². The molecule has 0 radical (unpaired) electrons. The third-order valence-electron chi connectivity index (χ3n) is 5.71. The summed E-state index contributed by atoms with van der Waals surface area (Å²) in [4.78, 5) is 20.0. The van der Waals surface area contributed by atoms with Gasteiger partial charge in [0, 0.05) is 45.7 Å². The Bertz CT molecular complexity index is 1230. The van der Waals surface area contributed by atoms with Crippen LogP contribution in [0.5, 0.6) is 0 Å². The van der Waals surface area contributed by atoms with Crippen molar-refractivity contribution in [3.05, 3.63) is 105 Å². The highest BCUT2D eigenvalue weighted by atomic mass is 79.9. The molecule has 0 saturated carbocycles. The number of likely N-dealkylation sites (N-methyl/N-ethyl adjacent to an activating group) is 1. The van der Waals surface area contributed by atoms with Crippen molar-refractivity contribution in [2.45, 2.75) is 19.3 Å². The molecule has 31 heavy (non-hydrogen) atoms. The van der Waals surface area contributed by atoms with E-state index < -0.39 is 0 Å². The van der Waals surface area contributed by atoms with Crippen LogP contribution in [0.2, 0.25) is 5.02 Å². The minimum Gasteiger partial charge on any atom is -0.347 e. The van der Waals surface area contributed by atoms with Gasteiger partial charge in [-0.2, -0.15) is 0 Å². The van der Waals surface area contributed by atoms with Gasteiger partial charge in [0.2, 0.25) is 0 Å². The molecule has 3 aromatic carbocycles. The maximum absolute atomic E-state index is 13.2. The van der Waals surface area contributed by atoms with Crippen molar-refractivity contribution in [1.82, 2.24) is 0 Å². The monoisotopic (exact) mass is 492 g/mol. The maximum Gasteiger partial charge on any atom is 0.196 e. The lowest BCUT2D eigenvalue weighted by molar-refractivity contribution is 0.103. The molecule has 3 nitrogen and oxygen atoms in total. The number of rotatable bonds is 4. The second-order valence-electron chi connectivity index (χ2n) is 8.00. The molecule has 0 spiro atoms. The van der Waals surface area contributed by atoms with Crippen LogP contribution in [-0.2, 0) is 5.41 Å². The van der Waals surface area contributed by atoms with Crippen LogP contribution in [0.3, 0.4) is 0 Å². The average molecular weight is 494 g/mol. The van der Waals surface area contributed by atoms with Gasteiger partial charge in [-0.25, -0.2) is 0 Å². The summed E-state index contributed by atoms with van der Waals surface area (Å²) in [5.41, 5.74) is 5.06. The molecule has 0 atom stereocenters. The summed E-state index contributed by atoms with van der Waals surface area (Å²) in [6.07, 6.45) is 3.79. The zero-order chi connectivity index (χ0) is 22.2. The van der Waals surface area contributed by atoms with Crippen molar-refractivity contribution in [1.29, 1.82) is 0 Å². The fraction of sp³-hybridized carbons (Fsp3) is 0.154. The van der Waals surface area contributed by atoms with Crippen molar-refractivity contribution < 1.29 is 4.79 Å². The summed E-state index contributed by atoms with van der Waals surface area (Å²) in [5, 5.41) is 0.427. The Hall–Kier alpha value is -2.69. The third-order valence-corrected chi connectivity index (χ3v) is 6.53. The lowest BCUT2D eigenvalue weighted by Crippen LogP contribution is -2.23. The first-order chi connectivity index (χ1) is 14.8. The fourth-order valence-corrected chi connectivity index (χ4v) is 4.67. The molecule has 1 aliphatic rings. The number of nitrogens with zero attached hydrogens (tertiary/aromatic N) is 2. The number of fused-ring (bicyclic) bond motifs is 1. The first-order valence-electron chi connectivity index (χ1n) is 9.97. The molecule has 0 bridgehead atoms. The molecule has 1 aliphatic heterocycles. The molecule has 0 fully saturated rings. The molecule has 156 valence electrons. The molecule has 0 N–H and O–H groups in total. The van der Waals surface area contributed by atoms with Gasteiger partial charge in [0.25, 0.3) is 0 Å². The number of hydrogen-bond donors (Lipinski definition) is 0. The minimum atomic E-state index is -0.155. The Kier molecular flexibility index (Phi) is 5.87. The number of allylic oxidation sites excluding steroid dienone is 2. The van der Waals surface area contributed by atoms with Crippen LogP contribution in [0.25, 0.3) is 0 Å². The highest BCUT2D eigenvalue weighted by Gasteiger charge is 2.37. The van der Waals surface area contributed by atoms with E-state index in [4.69, 9.17) is 11.6 Å². The molecule has 0 amide bonds. The zero-order valence-electron chi connectivity index (χ0n) is 17.6. The van der Waals surface area contributed by atoms with Gasteiger partial charge in [0.1, 0.15) is 0 Å². The van der Waals surface area contributed by atoms with Crippen molar-refractivity contribution >= 4 is 50.9 Å². The van der Waals surface area contributed by atoms with Crippen LogP contribution in [0.4, 0.5) is 11.4 Å². The Morgan fingerprint density at radius 1 is 1.03 bits per heavy atom. The van der Waals surface area contributed by atoms with Crippen molar-refractivity contribution in [3.8, 4) is 0 Å². The van der Waals surface area contributed by atoms with E-state index >= 15 is 0 Å². The zero-order valence-corrected chi connectivity index (χ0v) is 19.9. The summed E-state index contributed by atoms with van der Waals surface area (Å²) in [6, 6.07) is 21.0. The molecule has 0 aliphatic carbocycles. The smallest absolute Gasteiger partial charge is 0.196 e. The van der Waals surface area contributed by atoms with E-state index in [1.807, 2.05) is 24.3 Å². The SMILES string of the molecule is CN1/C(=C\C=Nc2ccc(Br)cc2C(=O)c2ccccc2Cl)C(C)(C)c2ccccc21. The number of aliphatic imine (C=N–C) groups is 1. The van der Waals surface area contributed by atoms with Gasteiger partial charge in [-0.3, -0.25) is 9.79 Å². The number of benzene rings is 3. The number of carbonyl (C=O) groups excluding carboxylic acids is 1. The van der Waals surface area contributed by atoms with E-state index in [2.05, 4.69) is 71.0 Å². The Balaban J connectivity index is 1.70. The van der Waals surface area contributed by atoms with Gasteiger partial charge < -0.3 is 4.90 Å². The number of ketones is 1. The van der Waals surface area contributed by atoms with Crippen LogP contribution in [0, 0.1) is 0 Å². The highest BCUT2D eigenvalue weighted by Crippen LogP contribution is 2.46. The Morgan fingerprint density at radius 2 is 1.74 bits per heavy atom. The van der Waals surface area contributed by atoms with Gasteiger partial charge in [-0.15, -0.1) is 0 Å². The number of anilines is 1. The number of hydrogen-bond acceptors (Lipinski definition) is 3. The molecule has 1 heterocycles. The van der Waals surface area contributed by atoms with Gasteiger partial charge >= 0.3 is 0 Å². The van der Waals surface area contributed by atoms with Crippen LogP contribution < -0.4 is 4.90 Å². The van der Waals surface area contributed by atoms with Crippen molar-refractivity contribution in [3.63, 3.8) is 0 Å². The summed E-state index contributed by atoms with van der Waals surface area (Å²) in [7, 11) is 2.07. The number of carbonyl (C=O) groups is 1. The maximum atomic E-state index is 13.2. The van der Waals surface area contributed by atoms with E-state index in [0.29, 0.717) is 21.8 Å².